The molecule has 0 aliphatic rings. The zero-order valence-corrected chi connectivity index (χ0v) is 11.4. The molecule has 0 bridgehead atoms. The van der Waals surface area contributed by atoms with Gasteiger partial charge in [-0.1, -0.05) is 51.6 Å². The average molecular weight is 241 g/mol. The normalized spacial score (nSPS) is 12.4. The molecule has 0 aliphatic carbocycles. The van der Waals surface area contributed by atoms with Crippen molar-refractivity contribution in [2.75, 3.05) is 0 Å². The fourth-order valence-electron chi connectivity index (χ4n) is 2.13. The van der Waals surface area contributed by atoms with Crippen LogP contribution in [0.4, 0.5) is 5.88 Å². The highest BCUT2D eigenvalue weighted by molar-refractivity contribution is 5.94. The zero-order chi connectivity index (χ0) is 13.3. The van der Waals surface area contributed by atoms with Gasteiger partial charge in [0.2, 0.25) is 5.88 Å². The van der Waals surface area contributed by atoms with Crippen LogP contribution in [0.25, 0.3) is 17.0 Å². The maximum absolute atomic E-state index is 5.92. The van der Waals surface area contributed by atoms with Crippen LogP contribution in [-0.2, 0) is 5.41 Å². The van der Waals surface area contributed by atoms with Gasteiger partial charge in [-0.15, -0.1) is 0 Å². The van der Waals surface area contributed by atoms with Crippen molar-refractivity contribution in [3.63, 3.8) is 0 Å². The first-order chi connectivity index (χ1) is 8.49. The summed E-state index contributed by atoms with van der Waals surface area (Å²) in [6.45, 7) is 12.3. The number of para-hydroxylation sites is 1. The molecule has 18 heavy (non-hydrogen) atoms. The van der Waals surface area contributed by atoms with Crippen molar-refractivity contribution >= 4 is 29.1 Å². The lowest BCUT2D eigenvalue weighted by atomic mass is 9.86. The summed E-state index contributed by atoms with van der Waals surface area (Å²) in [4.78, 5) is 4.27. The van der Waals surface area contributed by atoms with Gasteiger partial charge in [0.15, 0.2) is 0 Å². The first kappa shape index (κ1) is 12.6. The standard InChI is InChI=1S/C16H19NO/c1-6-11-12-9-8-10-13(16(3,4)5)14(12)18-15(11)17-7-2/h6-10H,1H2,2-5H3/b17-7-. The minimum atomic E-state index is 0.0446. The number of aliphatic imine (C=N–C) groups is 1. The highest BCUT2D eigenvalue weighted by Crippen LogP contribution is 2.38. The van der Waals surface area contributed by atoms with E-state index in [0.717, 1.165) is 16.5 Å². The molecule has 0 saturated carbocycles. The van der Waals surface area contributed by atoms with Gasteiger partial charge in [-0.05, 0) is 12.3 Å². The topological polar surface area (TPSA) is 25.5 Å². The van der Waals surface area contributed by atoms with Crippen LogP contribution in [0.15, 0.2) is 34.2 Å². The van der Waals surface area contributed by atoms with Crippen LogP contribution >= 0.6 is 0 Å². The predicted molar refractivity (Wildman–Crippen MR) is 78.8 cm³/mol. The molecule has 0 fully saturated rings. The van der Waals surface area contributed by atoms with E-state index in [9.17, 15) is 0 Å². The molecular weight excluding hydrogens is 222 g/mol. The molecule has 2 heteroatoms. The lowest BCUT2D eigenvalue weighted by Crippen LogP contribution is -2.10. The molecule has 1 aromatic heterocycles. The Morgan fingerprint density at radius 2 is 2.00 bits per heavy atom. The zero-order valence-electron chi connectivity index (χ0n) is 11.4. The largest absolute Gasteiger partial charge is 0.437 e. The van der Waals surface area contributed by atoms with Gasteiger partial charge in [0, 0.05) is 22.7 Å². The van der Waals surface area contributed by atoms with Crippen LogP contribution in [0.3, 0.4) is 0 Å². The van der Waals surface area contributed by atoms with Crippen molar-refractivity contribution in [2.24, 2.45) is 4.99 Å². The van der Waals surface area contributed by atoms with Gasteiger partial charge in [0.05, 0.1) is 0 Å². The van der Waals surface area contributed by atoms with Crippen molar-refractivity contribution in [2.45, 2.75) is 33.1 Å². The third-order valence-electron chi connectivity index (χ3n) is 2.99. The van der Waals surface area contributed by atoms with Gasteiger partial charge in [0.25, 0.3) is 0 Å². The third-order valence-corrected chi connectivity index (χ3v) is 2.99. The molecule has 1 heterocycles. The first-order valence-corrected chi connectivity index (χ1v) is 6.16. The number of benzene rings is 1. The summed E-state index contributed by atoms with van der Waals surface area (Å²) in [5.41, 5.74) is 3.12. The van der Waals surface area contributed by atoms with E-state index in [1.807, 2.05) is 6.92 Å². The fraction of sp³-hybridized carbons (Fsp3) is 0.312. The van der Waals surface area contributed by atoms with E-state index >= 15 is 0 Å². The Kier molecular flexibility index (Phi) is 3.12. The van der Waals surface area contributed by atoms with E-state index in [0.29, 0.717) is 5.88 Å². The van der Waals surface area contributed by atoms with E-state index in [1.54, 1.807) is 12.3 Å². The number of nitrogens with zero attached hydrogens (tertiary/aromatic N) is 1. The van der Waals surface area contributed by atoms with Crippen LogP contribution in [0.2, 0.25) is 0 Å². The van der Waals surface area contributed by atoms with Gasteiger partial charge >= 0.3 is 0 Å². The van der Waals surface area contributed by atoms with Crippen LogP contribution in [0.1, 0.15) is 38.8 Å². The molecule has 0 N–H and O–H groups in total. The van der Waals surface area contributed by atoms with Gasteiger partial charge in [-0.25, -0.2) is 4.99 Å². The van der Waals surface area contributed by atoms with Gasteiger partial charge in [-0.3, -0.25) is 0 Å². The van der Waals surface area contributed by atoms with Crippen molar-refractivity contribution in [1.82, 2.24) is 0 Å². The molecular formula is C16H19NO. The summed E-state index contributed by atoms with van der Waals surface area (Å²) in [6, 6.07) is 6.22. The third kappa shape index (κ3) is 1.99. The summed E-state index contributed by atoms with van der Waals surface area (Å²) < 4.78 is 5.92. The summed E-state index contributed by atoms with van der Waals surface area (Å²) >= 11 is 0. The number of furan rings is 1. The van der Waals surface area contributed by atoms with E-state index < -0.39 is 0 Å². The van der Waals surface area contributed by atoms with E-state index in [1.165, 1.54) is 5.56 Å². The SMILES string of the molecule is C=Cc1c(/N=C\C)oc2c(C(C)(C)C)cccc12. The van der Waals surface area contributed by atoms with Gasteiger partial charge in [-0.2, -0.15) is 0 Å². The summed E-state index contributed by atoms with van der Waals surface area (Å²) in [5, 5.41) is 1.08. The monoisotopic (exact) mass is 241 g/mol. The summed E-state index contributed by atoms with van der Waals surface area (Å²) in [6.07, 6.45) is 3.54. The van der Waals surface area contributed by atoms with Crippen molar-refractivity contribution in [3.8, 4) is 0 Å². The van der Waals surface area contributed by atoms with Crippen LogP contribution in [0, 0.1) is 0 Å². The van der Waals surface area contributed by atoms with Crippen molar-refractivity contribution in [1.29, 1.82) is 0 Å². The second-order valence-electron chi connectivity index (χ2n) is 5.34. The van der Waals surface area contributed by atoms with Crippen LogP contribution in [0.5, 0.6) is 0 Å². The molecule has 94 valence electrons. The molecule has 2 aromatic rings. The first-order valence-electron chi connectivity index (χ1n) is 6.16. The summed E-state index contributed by atoms with van der Waals surface area (Å²) in [7, 11) is 0. The molecule has 1 aromatic carbocycles. The Morgan fingerprint density at radius 1 is 1.28 bits per heavy atom. The molecule has 0 atom stereocenters. The number of hydrogen-bond acceptors (Lipinski definition) is 2. The molecule has 0 spiro atoms. The Hall–Kier alpha value is -1.83. The van der Waals surface area contributed by atoms with Gasteiger partial charge < -0.3 is 4.42 Å². The van der Waals surface area contributed by atoms with E-state index in [2.05, 4.69) is 50.5 Å². The number of hydrogen-bond donors (Lipinski definition) is 0. The fourth-order valence-corrected chi connectivity index (χ4v) is 2.13. The molecule has 0 unspecified atom stereocenters. The number of fused-ring (bicyclic) bond motifs is 1. The molecule has 2 rings (SSSR count). The van der Waals surface area contributed by atoms with Gasteiger partial charge in [0.1, 0.15) is 5.58 Å². The Balaban J connectivity index is 2.83. The maximum Gasteiger partial charge on any atom is 0.226 e. The van der Waals surface area contributed by atoms with E-state index in [4.69, 9.17) is 4.42 Å². The molecule has 0 radical (unpaired) electrons. The molecule has 0 aliphatic heterocycles. The second-order valence-corrected chi connectivity index (χ2v) is 5.34. The smallest absolute Gasteiger partial charge is 0.226 e. The maximum atomic E-state index is 5.92. The quantitative estimate of drug-likeness (QED) is 0.672. The molecule has 0 saturated heterocycles. The van der Waals surface area contributed by atoms with E-state index in [-0.39, 0.29) is 5.41 Å². The number of rotatable bonds is 2. The van der Waals surface area contributed by atoms with Crippen LogP contribution < -0.4 is 0 Å². The predicted octanol–water partition coefficient (Wildman–Crippen LogP) is 5.10. The summed E-state index contributed by atoms with van der Waals surface area (Å²) in [5.74, 6) is 0.638. The molecule has 0 amide bonds. The Morgan fingerprint density at radius 3 is 2.56 bits per heavy atom. The van der Waals surface area contributed by atoms with Crippen LogP contribution in [-0.4, -0.2) is 6.21 Å². The minimum absolute atomic E-state index is 0.0446. The highest BCUT2D eigenvalue weighted by Gasteiger charge is 2.21. The second kappa shape index (κ2) is 4.45. The highest BCUT2D eigenvalue weighted by atomic mass is 16.3. The Bertz CT molecular complexity index is 612. The van der Waals surface area contributed by atoms with Crippen molar-refractivity contribution < 1.29 is 4.42 Å². The molecule has 2 nitrogen and oxygen atoms in total. The Labute approximate surface area is 108 Å². The average Bonchev–Trinajstić information content (AvgIpc) is 2.65. The lowest BCUT2D eigenvalue weighted by molar-refractivity contribution is 0.563. The lowest BCUT2D eigenvalue weighted by Gasteiger charge is -2.18. The minimum Gasteiger partial charge on any atom is -0.437 e. The van der Waals surface area contributed by atoms with Crippen molar-refractivity contribution in [3.05, 3.63) is 35.9 Å².